The number of likely N-dealkylation sites (tertiary alicyclic amines) is 1. The predicted octanol–water partition coefficient (Wildman–Crippen LogP) is 3.10. The van der Waals surface area contributed by atoms with Crippen molar-refractivity contribution in [2.45, 2.75) is 45.6 Å². The van der Waals surface area contributed by atoms with E-state index in [0.29, 0.717) is 36.5 Å². The molecule has 0 bridgehead atoms. The smallest absolute Gasteiger partial charge is 0.303 e. The molecule has 7 nitrogen and oxygen atoms in total. The van der Waals surface area contributed by atoms with E-state index in [9.17, 15) is 19.5 Å². The number of nitrogen functional groups attached to an aromatic ring is 1. The number of benzene rings is 1. The third-order valence-corrected chi connectivity index (χ3v) is 6.46. The maximum atomic E-state index is 13.2. The summed E-state index contributed by atoms with van der Waals surface area (Å²) in [6.45, 7) is 4.56. The van der Waals surface area contributed by atoms with Crippen molar-refractivity contribution in [2.75, 3.05) is 18.8 Å². The molecule has 1 fully saturated rings. The number of nitrogens with zero attached hydrogens (tertiary/aromatic N) is 1. The second kappa shape index (κ2) is 8.41. The Kier molecular flexibility index (Phi) is 6.12. The molecule has 0 radical (unpaired) electrons. The number of fused-ring (bicyclic) bond motifs is 1. The summed E-state index contributed by atoms with van der Waals surface area (Å²) in [5.74, 6) is -1.19. The van der Waals surface area contributed by atoms with E-state index < -0.39 is 11.4 Å². The molecule has 29 heavy (non-hydrogen) atoms. The first kappa shape index (κ1) is 21.1. The van der Waals surface area contributed by atoms with Gasteiger partial charge in [-0.05, 0) is 38.2 Å². The molecule has 0 atom stereocenters. The van der Waals surface area contributed by atoms with Gasteiger partial charge in [0.2, 0.25) is 5.91 Å². The van der Waals surface area contributed by atoms with Crippen LogP contribution in [0.15, 0.2) is 24.3 Å². The van der Waals surface area contributed by atoms with E-state index in [-0.39, 0.29) is 30.7 Å². The summed E-state index contributed by atoms with van der Waals surface area (Å²) in [6, 6.07) is 7.63. The maximum Gasteiger partial charge on any atom is 0.303 e. The maximum absolute atomic E-state index is 13.2. The van der Waals surface area contributed by atoms with Gasteiger partial charge in [-0.2, -0.15) is 0 Å². The molecule has 0 aliphatic carbocycles. The number of carboxylic acids is 1. The van der Waals surface area contributed by atoms with Crippen molar-refractivity contribution in [3.05, 3.63) is 29.8 Å². The van der Waals surface area contributed by atoms with Gasteiger partial charge in [0.05, 0.1) is 17.0 Å². The largest absolute Gasteiger partial charge is 0.481 e. The number of hydrogen-bond acceptors (Lipinski definition) is 5. The van der Waals surface area contributed by atoms with E-state index in [2.05, 4.69) is 5.32 Å². The van der Waals surface area contributed by atoms with E-state index >= 15 is 0 Å². The summed E-state index contributed by atoms with van der Waals surface area (Å²) in [5, 5.41) is 13.6. The number of rotatable bonds is 6. The van der Waals surface area contributed by atoms with Gasteiger partial charge in [-0.15, -0.1) is 11.3 Å². The van der Waals surface area contributed by atoms with Crippen molar-refractivity contribution < 1.29 is 19.5 Å². The van der Waals surface area contributed by atoms with Crippen molar-refractivity contribution in [1.82, 2.24) is 10.2 Å². The lowest BCUT2D eigenvalue weighted by Gasteiger charge is -2.41. The molecular formula is C21H27N3O4S. The molecule has 2 aromatic rings. The van der Waals surface area contributed by atoms with Crippen LogP contribution in [0, 0.1) is 5.41 Å². The fourth-order valence-corrected chi connectivity index (χ4v) is 5.04. The molecular weight excluding hydrogens is 390 g/mol. The number of anilines is 1. The van der Waals surface area contributed by atoms with Crippen molar-refractivity contribution in [2.24, 2.45) is 5.41 Å². The Labute approximate surface area is 173 Å². The van der Waals surface area contributed by atoms with Gasteiger partial charge in [0, 0.05) is 35.6 Å². The highest BCUT2D eigenvalue weighted by atomic mass is 32.1. The molecule has 1 aliphatic rings. The van der Waals surface area contributed by atoms with Gasteiger partial charge in [0.15, 0.2) is 0 Å². The van der Waals surface area contributed by atoms with Gasteiger partial charge >= 0.3 is 5.97 Å². The number of thiophene rings is 1. The average Bonchev–Trinajstić information content (AvgIpc) is 2.96. The van der Waals surface area contributed by atoms with Crippen molar-refractivity contribution >= 4 is 44.2 Å². The van der Waals surface area contributed by atoms with Crippen LogP contribution in [0.5, 0.6) is 0 Å². The van der Waals surface area contributed by atoms with Crippen molar-refractivity contribution in [1.29, 1.82) is 0 Å². The zero-order valence-corrected chi connectivity index (χ0v) is 17.6. The molecule has 1 aromatic carbocycles. The summed E-state index contributed by atoms with van der Waals surface area (Å²) in [7, 11) is 0. The minimum Gasteiger partial charge on any atom is -0.481 e. The third-order valence-electron chi connectivity index (χ3n) is 5.46. The van der Waals surface area contributed by atoms with Gasteiger partial charge in [-0.25, -0.2) is 0 Å². The van der Waals surface area contributed by atoms with E-state index in [1.54, 1.807) is 4.90 Å². The number of aliphatic carboxylic acids is 1. The summed E-state index contributed by atoms with van der Waals surface area (Å²) < 4.78 is 0.968. The first-order valence-corrected chi connectivity index (χ1v) is 10.6. The average molecular weight is 418 g/mol. The van der Waals surface area contributed by atoms with Crippen molar-refractivity contribution in [3.63, 3.8) is 0 Å². The lowest BCUT2D eigenvalue weighted by atomic mass is 9.72. The fourth-order valence-electron chi connectivity index (χ4n) is 4.08. The van der Waals surface area contributed by atoms with Gasteiger partial charge in [0.1, 0.15) is 0 Å². The number of hydrogen-bond donors (Lipinski definition) is 3. The second-order valence-electron chi connectivity index (χ2n) is 8.10. The Morgan fingerprint density at radius 1 is 1.21 bits per heavy atom. The van der Waals surface area contributed by atoms with Gasteiger partial charge in [0.25, 0.3) is 5.91 Å². The fraction of sp³-hybridized carbons (Fsp3) is 0.476. The molecule has 1 saturated heterocycles. The highest BCUT2D eigenvalue weighted by molar-refractivity contribution is 7.23. The highest BCUT2D eigenvalue weighted by Crippen LogP contribution is 2.40. The molecule has 3 rings (SSSR count). The van der Waals surface area contributed by atoms with Gasteiger partial charge in [-0.3, -0.25) is 14.4 Å². The number of nitrogens with one attached hydrogen (secondary N) is 1. The van der Waals surface area contributed by atoms with Crippen LogP contribution >= 0.6 is 11.3 Å². The topological polar surface area (TPSA) is 113 Å². The summed E-state index contributed by atoms with van der Waals surface area (Å²) >= 11 is 1.39. The van der Waals surface area contributed by atoms with Gasteiger partial charge < -0.3 is 21.1 Å². The molecule has 8 heteroatoms. The van der Waals surface area contributed by atoms with E-state index in [0.717, 1.165) is 10.1 Å². The number of carbonyl (C=O) groups excluding carboxylic acids is 2. The minimum atomic E-state index is -0.921. The van der Waals surface area contributed by atoms with E-state index in [4.69, 9.17) is 5.73 Å². The van der Waals surface area contributed by atoms with Crippen LogP contribution in [-0.2, 0) is 9.59 Å². The lowest BCUT2D eigenvalue weighted by molar-refractivity contribution is -0.141. The van der Waals surface area contributed by atoms with E-state index in [1.807, 2.05) is 38.1 Å². The quantitative estimate of drug-likeness (QED) is 0.668. The Morgan fingerprint density at radius 3 is 2.48 bits per heavy atom. The SMILES string of the molecule is CC(C)NC(=O)CC1(CC(=O)O)CCN(C(=O)c2c(N)sc3ccccc23)CC1. The zero-order valence-electron chi connectivity index (χ0n) is 16.7. The molecule has 1 aliphatic heterocycles. The molecule has 4 N–H and O–H groups in total. The highest BCUT2D eigenvalue weighted by Gasteiger charge is 2.40. The van der Waals surface area contributed by atoms with Crippen LogP contribution in [0.4, 0.5) is 5.00 Å². The van der Waals surface area contributed by atoms with E-state index in [1.165, 1.54) is 11.3 Å². The Bertz CT molecular complexity index is 929. The monoisotopic (exact) mass is 417 g/mol. The summed E-state index contributed by atoms with van der Waals surface area (Å²) in [5.41, 5.74) is 6.02. The molecule has 2 amide bonds. The first-order valence-electron chi connectivity index (χ1n) is 9.78. The number of nitrogens with two attached hydrogens (primary N) is 1. The Morgan fingerprint density at radius 2 is 1.86 bits per heavy atom. The van der Waals surface area contributed by atoms with Crippen LogP contribution in [0.25, 0.3) is 10.1 Å². The predicted molar refractivity (Wildman–Crippen MR) is 114 cm³/mol. The normalized spacial score (nSPS) is 16.2. The standard InChI is InChI=1S/C21H27N3O4S/c1-13(2)23-16(25)11-21(12-17(26)27)7-9-24(10-8-21)20(28)18-14-5-3-4-6-15(14)29-19(18)22/h3-6,13H,7-12,22H2,1-2H3,(H,23,25)(H,26,27). The molecule has 0 saturated carbocycles. The molecule has 2 heterocycles. The summed E-state index contributed by atoms with van der Waals surface area (Å²) in [4.78, 5) is 38.6. The van der Waals surface area contributed by atoms with Crippen LogP contribution < -0.4 is 11.1 Å². The molecule has 156 valence electrons. The molecule has 0 spiro atoms. The number of amides is 2. The van der Waals surface area contributed by atoms with Crippen LogP contribution in [-0.4, -0.2) is 46.9 Å². The number of carbonyl (C=O) groups is 3. The summed E-state index contributed by atoms with van der Waals surface area (Å²) in [6.07, 6.45) is 1.02. The zero-order chi connectivity index (χ0) is 21.2. The molecule has 0 unspecified atom stereocenters. The lowest BCUT2D eigenvalue weighted by Crippen LogP contribution is -2.46. The van der Waals surface area contributed by atoms with Crippen molar-refractivity contribution in [3.8, 4) is 0 Å². The van der Waals surface area contributed by atoms with Crippen LogP contribution in [0.2, 0.25) is 0 Å². The Hall–Kier alpha value is -2.61. The number of piperidine rings is 1. The van der Waals surface area contributed by atoms with Crippen LogP contribution in [0.1, 0.15) is 49.9 Å². The molecule has 1 aromatic heterocycles. The number of carboxylic acid groups (broad SMARTS) is 1. The second-order valence-corrected chi connectivity index (χ2v) is 9.18. The first-order chi connectivity index (χ1) is 13.7. The Balaban J connectivity index is 1.75. The van der Waals surface area contributed by atoms with Crippen LogP contribution in [0.3, 0.4) is 0 Å². The minimum absolute atomic E-state index is 0.000826. The van der Waals surface area contributed by atoms with Gasteiger partial charge in [-0.1, -0.05) is 18.2 Å². The third kappa shape index (κ3) is 4.70.